The van der Waals surface area contributed by atoms with Crippen LogP contribution in [0.4, 0.5) is 5.82 Å². The molecule has 100 valence electrons. The number of carbonyl (C=O) groups is 1. The van der Waals surface area contributed by atoms with Crippen molar-refractivity contribution in [1.82, 2.24) is 15.3 Å². The highest BCUT2D eigenvalue weighted by Gasteiger charge is 2.26. The first-order valence-corrected chi connectivity index (χ1v) is 5.75. The normalized spacial score (nSPS) is 10.9. The fourth-order valence-electron chi connectivity index (χ4n) is 1.47. The minimum absolute atomic E-state index is 0.0206. The molecular weight excluding hydrogens is 232 g/mol. The quantitative estimate of drug-likeness (QED) is 0.817. The van der Waals surface area contributed by atoms with Gasteiger partial charge >= 0.3 is 0 Å². The lowest BCUT2D eigenvalue weighted by Gasteiger charge is -2.23. The second kappa shape index (κ2) is 5.66. The number of methoxy groups -OCH3 is 1. The summed E-state index contributed by atoms with van der Waals surface area (Å²) in [5.41, 5.74) is -0.513. The predicted octanol–water partition coefficient (Wildman–Crippen LogP) is 0.978. The van der Waals surface area contributed by atoms with Crippen molar-refractivity contribution >= 4 is 11.7 Å². The Balaban J connectivity index is 2.74. The molecule has 1 rings (SSSR count). The van der Waals surface area contributed by atoms with Gasteiger partial charge in [-0.25, -0.2) is 4.98 Å². The molecule has 6 nitrogen and oxygen atoms in total. The van der Waals surface area contributed by atoms with Crippen molar-refractivity contribution in [2.45, 2.75) is 20.8 Å². The van der Waals surface area contributed by atoms with E-state index in [4.69, 9.17) is 4.74 Å². The lowest BCUT2D eigenvalue weighted by molar-refractivity contribution is -0.128. The molecule has 0 aliphatic heterocycles. The number of hydrogen-bond acceptors (Lipinski definition) is 5. The molecule has 0 fully saturated rings. The third-order valence-corrected chi connectivity index (χ3v) is 2.58. The number of amides is 1. The van der Waals surface area contributed by atoms with Crippen LogP contribution in [0.25, 0.3) is 0 Å². The zero-order valence-electron chi connectivity index (χ0n) is 11.5. The molecule has 6 heteroatoms. The highest BCUT2D eigenvalue weighted by molar-refractivity contribution is 5.82. The Labute approximate surface area is 107 Å². The maximum absolute atomic E-state index is 11.6. The first-order valence-electron chi connectivity index (χ1n) is 5.75. The summed E-state index contributed by atoms with van der Waals surface area (Å²) < 4.78 is 5.07. The van der Waals surface area contributed by atoms with Crippen molar-refractivity contribution < 1.29 is 9.53 Å². The van der Waals surface area contributed by atoms with Crippen molar-refractivity contribution in [1.29, 1.82) is 0 Å². The van der Waals surface area contributed by atoms with E-state index >= 15 is 0 Å². The van der Waals surface area contributed by atoms with Crippen molar-refractivity contribution in [3.63, 3.8) is 0 Å². The average molecular weight is 252 g/mol. The predicted molar refractivity (Wildman–Crippen MR) is 69.7 cm³/mol. The summed E-state index contributed by atoms with van der Waals surface area (Å²) in [5.74, 6) is 1.75. The van der Waals surface area contributed by atoms with Crippen molar-refractivity contribution in [3.8, 4) is 5.88 Å². The third kappa shape index (κ3) is 3.58. The van der Waals surface area contributed by atoms with Crippen LogP contribution in [0.5, 0.6) is 5.88 Å². The molecule has 0 unspecified atom stereocenters. The number of nitrogens with one attached hydrogen (secondary N) is 2. The molecule has 1 heterocycles. The second-order valence-corrected chi connectivity index (χ2v) is 4.66. The van der Waals surface area contributed by atoms with Gasteiger partial charge in [-0.05, 0) is 20.8 Å². The van der Waals surface area contributed by atoms with Crippen LogP contribution in [-0.4, -0.2) is 36.6 Å². The van der Waals surface area contributed by atoms with Crippen molar-refractivity contribution in [2.75, 3.05) is 26.0 Å². The first-order chi connectivity index (χ1) is 8.39. The van der Waals surface area contributed by atoms with Crippen LogP contribution in [0.2, 0.25) is 0 Å². The molecule has 1 aromatic heterocycles. The zero-order valence-corrected chi connectivity index (χ0v) is 11.5. The smallest absolute Gasteiger partial charge is 0.227 e. The minimum Gasteiger partial charge on any atom is -0.481 e. The van der Waals surface area contributed by atoms with Crippen molar-refractivity contribution in [2.24, 2.45) is 5.41 Å². The highest BCUT2D eigenvalue weighted by Crippen LogP contribution is 2.18. The van der Waals surface area contributed by atoms with E-state index in [2.05, 4.69) is 20.6 Å². The SMILES string of the molecule is CNC(=O)C(C)(C)CNc1cc(OC)nc(C)n1. The molecule has 0 aromatic carbocycles. The zero-order chi connectivity index (χ0) is 13.8. The third-order valence-electron chi connectivity index (χ3n) is 2.58. The Morgan fingerprint density at radius 3 is 2.67 bits per heavy atom. The van der Waals surface area contributed by atoms with E-state index < -0.39 is 5.41 Å². The van der Waals surface area contributed by atoms with Gasteiger partial charge in [0.05, 0.1) is 12.5 Å². The largest absolute Gasteiger partial charge is 0.481 e. The van der Waals surface area contributed by atoms with Gasteiger partial charge in [-0.15, -0.1) is 0 Å². The summed E-state index contributed by atoms with van der Waals surface area (Å²) in [4.78, 5) is 20.0. The number of rotatable bonds is 5. The minimum atomic E-state index is -0.513. The van der Waals surface area contributed by atoms with Gasteiger partial charge in [0.15, 0.2) is 0 Å². The Kier molecular flexibility index (Phi) is 4.47. The van der Waals surface area contributed by atoms with E-state index in [0.29, 0.717) is 24.1 Å². The standard InChI is InChI=1S/C12H20N4O2/c1-8-15-9(6-10(16-8)18-5)14-7-12(2,3)11(17)13-4/h6H,7H2,1-5H3,(H,13,17)(H,14,15,16). The average Bonchev–Trinajstić information content (AvgIpc) is 2.34. The summed E-state index contributed by atoms with van der Waals surface area (Å²) in [6.07, 6.45) is 0. The van der Waals surface area contributed by atoms with Gasteiger partial charge < -0.3 is 15.4 Å². The number of hydrogen-bond donors (Lipinski definition) is 2. The molecule has 2 N–H and O–H groups in total. The van der Waals surface area contributed by atoms with Gasteiger partial charge in [-0.3, -0.25) is 4.79 Å². The number of carbonyl (C=O) groups excluding carboxylic acids is 1. The van der Waals surface area contributed by atoms with Crippen LogP contribution in [-0.2, 0) is 4.79 Å². The van der Waals surface area contributed by atoms with E-state index in [-0.39, 0.29) is 5.91 Å². The fraction of sp³-hybridized carbons (Fsp3) is 0.583. The Morgan fingerprint density at radius 2 is 2.11 bits per heavy atom. The van der Waals surface area contributed by atoms with Crippen LogP contribution in [0.15, 0.2) is 6.07 Å². The fourth-order valence-corrected chi connectivity index (χ4v) is 1.47. The maximum atomic E-state index is 11.6. The number of nitrogens with zero attached hydrogens (tertiary/aromatic N) is 2. The molecule has 0 aliphatic carbocycles. The number of ether oxygens (including phenoxy) is 1. The Morgan fingerprint density at radius 1 is 1.44 bits per heavy atom. The molecule has 0 atom stereocenters. The van der Waals surface area contributed by atoms with Crippen LogP contribution >= 0.6 is 0 Å². The van der Waals surface area contributed by atoms with Gasteiger partial charge in [-0.2, -0.15) is 4.98 Å². The van der Waals surface area contributed by atoms with Crippen LogP contribution in [0.1, 0.15) is 19.7 Å². The van der Waals surface area contributed by atoms with Gasteiger partial charge in [0.25, 0.3) is 0 Å². The monoisotopic (exact) mass is 252 g/mol. The van der Waals surface area contributed by atoms with Gasteiger partial charge in [0.2, 0.25) is 11.8 Å². The molecule has 0 saturated heterocycles. The van der Waals surface area contributed by atoms with E-state index in [0.717, 1.165) is 0 Å². The highest BCUT2D eigenvalue weighted by atomic mass is 16.5. The lowest BCUT2D eigenvalue weighted by Crippen LogP contribution is -2.39. The number of aryl methyl sites for hydroxylation is 1. The maximum Gasteiger partial charge on any atom is 0.227 e. The molecule has 0 radical (unpaired) electrons. The molecule has 1 amide bonds. The second-order valence-electron chi connectivity index (χ2n) is 4.66. The van der Waals surface area contributed by atoms with Crippen LogP contribution in [0, 0.1) is 12.3 Å². The summed E-state index contributed by atoms with van der Waals surface area (Å²) in [7, 11) is 3.18. The Hall–Kier alpha value is -1.85. The molecule has 0 aliphatic rings. The summed E-state index contributed by atoms with van der Waals surface area (Å²) >= 11 is 0. The summed E-state index contributed by atoms with van der Waals surface area (Å²) in [5, 5.41) is 5.76. The molecule has 0 saturated carbocycles. The van der Waals surface area contributed by atoms with E-state index in [9.17, 15) is 4.79 Å². The van der Waals surface area contributed by atoms with Crippen LogP contribution in [0.3, 0.4) is 0 Å². The van der Waals surface area contributed by atoms with Crippen molar-refractivity contribution in [3.05, 3.63) is 11.9 Å². The van der Waals surface area contributed by atoms with E-state index in [1.54, 1.807) is 27.1 Å². The molecule has 1 aromatic rings. The lowest BCUT2D eigenvalue weighted by atomic mass is 9.92. The van der Waals surface area contributed by atoms with Gasteiger partial charge in [-0.1, -0.05) is 0 Å². The summed E-state index contributed by atoms with van der Waals surface area (Å²) in [6, 6.07) is 1.70. The van der Waals surface area contributed by atoms with Gasteiger partial charge in [0.1, 0.15) is 11.6 Å². The molecule has 0 bridgehead atoms. The molecule has 0 spiro atoms. The number of anilines is 1. The topological polar surface area (TPSA) is 76.1 Å². The first kappa shape index (κ1) is 14.2. The Bertz CT molecular complexity index is 432. The van der Waals surface area contributed by atoms with Crippen LogP contribution < -0.4 is 15.4 Å². The number of aromatic nitrogens is 2. The molecular formula is C12H20N4O2. The van der Waals surface area contributed by atoms with E-state index in [1.807, 2.05) is 13.8 Å². The van der Waals surface area contributed by atoms with E-state index in [1.165, 1.54) is 0 Å². The van der Waals surface area contributed by atoms with Gasteiger partial charge in [0, 0.05) is 19.7 Å². The molecule has 18 heavy (non-hydrogen) atoms. The summed E-state index contributed by atoms with van der Waals surface area (Å²) in [6.45, 7) is 6.00.